The Morgan fingerprint density at radius 2 is 2.14 bits per heavy atom. The smallest absolute Gasteiger partial charge is 0.178 e. The molecule has 6 nitrogen and oxygen atoms in total. The topological polar surface area (TPSA) is 57.5 Å². The lowest BCUT2D eigenvalue weighted by molar-refractivity contribution is 0.246. The van der Waals surface area contributed by atoms with E-state index in [9.17, 15) is 0 Å². The molecule has 0 unspecified atom stereocenters. The maximum absolute atomic E-state index is 6.48. The zero-order valence-electron chi connectivity index (χ0n) is 11.5. The lowest BCUT2D eigenvalue weighted by Crippen LogP contribution is -2.45. The standard InChI is InChI=1S/C13H14BrClN6/c1-8(2)20-13(17-18-19-20)11-7-16-21(12(11)15)10-5-3-4-9(14)6-10/h3-8,18-19H,1-2H3. The van der Waals surface area contributed by atoms with E-state index in [-0.39, 0.29) is 6.04 Å². The first-order valence-corrected chi connectivity index (χ1v) is 7.62. The van der Waals surface area contributed by atoms with E-state index in [2.05, 4.69) is 51.0 Å². The van der Waals surface area contributed by atoms with Crippen LogP contribution in [-0.4, -0.2) is 26.7 Å². The fourth-order valence-electron chi connectivity index (χ4n) is 2.07. The molecule has 3 rings (SSSR count). The second-order valence-electron chi connectivity index (χ2n) is 4.86. The monoisotopic (exact) mass is 368 g/mol. The molecule has 1 aliphatic heterocycles. The molecule has 0 fully saturated rings. The van der Waals surface area contributed by atoms with Gasteiger partial charge in [-0.15, -0.1) is 10.6 Å². The summed E-state index contributed by atoms with van der Waals surface area (Å²) < 4.78 is 2.65. The van der Waals surface area contributed by atoms with Crippen molar-refractivity contribution in [3.05, 3.63) is 45.7 Å². The quantitative estimate of drug-likeness (QED) is 0.873. The molecular weight excluding hydrogens is 356 g/mol. The Balaban J connectivity index is 2.00. The van der Waals surface area contributed by atoms with Crippen LogP contribution in [0, 0.1) is 0 Å². The van der Waals surface area contributed by atoms with E-state index in [0.717, 1.165) is 21.6 Å². The molecule has 2 aromatic rings. The van der Waals surface area contributed by atoms with Gasteiger partial charge in [-0.2, -0.15) is 5.10 Å². The molecule has 0 atom stereocenters. The number of hydrazone groups is 1. The van der Waals surface area contributed by atoms with Gasteiger partial charge in [-0.25, -0.2) is 10.2 Å². The first kappa shape index (κ1) is 14.4. The molecule has 1 aromatic heterocycles. The summed E-state index contributed by atoms with van der Waals surface area (Å²) >= 11 is 9.93. The number of halogens is 2. The highest BCUT2D eigenvalue weighted by molar-refractivity contribution is 9.10. The van der Waals surface area contributed by atoms with Crippen LogP contribution in [-0.2, 0) is 0 Å². The molecule has 2 heterocycles. The second kappa shape index (κ2) is 5.67. The Kier molecular flexibility index (Phi) is 3.88. The van der Waals surface area contributed by atoms with Gasteiger partial charge in [0.25, 0.3) is 0 Å². The van der Waals surface area contributed by atoms with Crippen LogP contribution in [0.2, 0.25) is 5.15 Å². The largest absolute Gasteiger partial charge is 0.268 e. The van der Waals surface area contributed by atoms with E-state index in [0.29, 0.717) is 5.15 Å². The molecule has 21 heavy (non-hydrogen) atoms. The van der Waals surface area contributed by atoms with Crippen molar-refractivity contribution >= 4 is 33.4 Å². The van der Waals surface area contributed by atoms with Crippen molar-refractivity contribution < 1.29 is 0 Å². The average Bonchev–Trinajstić information content (AvgIpc) is 3.04. The Morgan fingerprint density at radius 3 is 2.86 bits per heavy atom. The minimum absolute atomic E-state index is 0.226. The molecule has 0 amide bonds. The minimum Gasteiger partial charge on any atom is -0.268 e. The zero-order valence-corrected chi connectivity index (χ0v) is 13.9. The number of nitrogens with one attached hydrogen (secondary N) is 2. The molecule has 1 aromatic carbocycles. The number of hydrogen-bond donors (Lipinski definition) is 2. The highest BCUT2D eigenvalue weighted by Gasteiger charge is 2.26. The van der Waals surface area contributed by atoms with Crippen molar-refractivity contribution in [1.82, 2.24) is 25.9 Å². The Labute approximate surface area is 135 Å². The summed E-state index contributed by atoms with van der Waals surface area (Å²) in [6.07, 6.45) is 1.71. The maximum atomic E-state index is 6.48. The molecule has 0 saturated carbocycles. The third-order valence-electron chi connectivity index (χ3n) is 3.08. The average molecular weight is 370 g/mol. The lowest BCUT2D eigenvalue weighted by atomic mass is 10.2. The summed E-state index contributed by atoms with van der Waals surface area (Å²) in [4.78, 5) is 0. The summed E-state index contributed by atoms with van der Waals surface area (Å²) in [5.41, 5.74) is 7.37. The number of rotatable bonds is 3. The van der Waals surface area contributed by atoms with Crippen molar-refractivity contribution in [2.45, 2.75) is 19.9 Å². The van der Waals surface area contributed by atoms with Crippen molar-refractivity contribution in [3.63, 3.8) is 0 Å². The van der Waals surface area contributed by atoms with E-state index in [1.807, 2.05) is 29.3 Å². The van der Waals surface area contributed by atoms with E-state index in [1.165, 1.54) is 0 Å². The molecule has 0 bridgehead atoms. The summed E-state index contributed by atoms with van der Waals surface area (Å²) in [5.74, 6) is 0.719. The lowest BCUT2D eigenvalue weighted by Gasteiger charge is -2.22. The third-order valence-corrected chi connectivity index (χ3v) is 3.94. The van der Waals surface area contributed by atoms with Gasteiger partial charge >= 0.3 is 0 Å². The summed E-state index contributed by atoms with van der Waals surface area (Å²) in [6, 6.07) is 8.02. The van der Waals surface area contributed by atoms with Crippen molar-refractivity contribution in [2.75, 3.05) is 0 Å². The van der Waals surface area contributed by atoms with Gasteiger partial charge in [0, 0.05) is 10.5 Å². The molecule has 0 saturated heterocycles. The van der Waals surface area contributed by atoms with Gasteiger partial charge in [-0.1, -0.05) is 33.6 Å². The summed E-state index contributed by atoms with van der Waals surface area (Å²) in [7, 11) is 0. The summed E-state index contributed by atoms with van der Waals surface area (Å²) in [5, 5.41) is 11.0. The van der Waals surface area contributed by atoms with Crippen LogP contribution in [0.3, 0.4) is 0 Å². The molecule has 2 N–H and O–H groups in total. The van der Waals surface area contributed by atoms with Gasteiger partial charge in [0.05, 0.1) is 17.4 Å². The molecule has 0 radical (unpaired) electrons. The van der Waals surface area contributed by atoms with Crippen molar-refractivity contribution in [2.24, 2.45) is 5.10 Å². The van der Waals surface area contributed by atoms with E-state index >= 15 is 0 Å². The predicted octanol–water partition coefficient (Wildman–Crippen LogP) is 2.68. The number of hydrogen-bond acceptors (Lipinski definition) is 5. The number of benzene rings is 1. The van der Waals surface area contributed by atoms with Gasteiger partial charge in [0.15, 0.2) is 5.84 Å². The Bertz CT molecular complexity index is 696. The van der Waals surface area contributed by atoms with Crippen molar-refractivity contribution in [3.8, 4) is 5.69 Å². The molecule has 0 spiro atoms. The van der Waals surface area contributed by atoms with E-state index < -0.39 is 0 Å². The fraction of sp³-hybridized carbons (Fsp3) is 0.231. The SMILES string of the molecule is CC(C)N1NNN=C1c1cnn(-c2cccc(Br)c2)c1Cl. The second-order valence-corrected chi connectivity index (χ2v) is 6.14. The highest BCUT2D eigenvalue weighted by atomic mass is 79.9. The molecular formula is C13H14BrClN6. The molecule has 110 valence electrons. The van der Waals surface area contributed by atoms with Crippen LogP contribution in [0.15, 0.2) is 40.0 Å². The van der Waals surface area contributed by atoms with Gasteiger partial charge in [0.2, 0.25) is 0 Å². The number of amidine groups is 1. The zero-order chi connectivity index (χ0) is 15.0. The molecule has 0 aliphatic carbocycles. The van der Waals surface area contributed by atoms with Crippen LogP contribution < -0.4 is 11.1 Å². The van der Waals surface area contributed by atoms with Crippen LogP contribution >= 0.6 is 27.5 Å². The van der Waals surface area contributed by atoms with Crippen molar-refractivity contribution in [1.29, 1.82) is 0 Å². The minimum atomic E-state index is 0.226. The number of nitrogens with zero attached hydrogens (tertiary/aromatic N) is 4. The summed E-state index contributed by atoms with van der Waals surface area (Å²) in [6.45, 7) is 4.12. The van der Waals surface area contributed by atoms with Gasteiger partial charge in [-0.05, 0) is 32.0 Å². The third kappa shape index (κ3) is 2.64. The van der Waals surface area contributed by atoms with Gasteiger partial charge in [0.1, 0.15) is 5.15 Å². The Hall–Kier alpha value is -1.57. The maximum Gasteiger partial charge on any atom is 0.178 e. The van der Waals surface area contributed by atoms with E-state index in [1.54, 1.807) is 10.9 Å². The highest BCUT2D eigenvalue weighted by Crippen LogP contribution is 2.24. The molecule has 8 heteroatoms. The predicted molar refractivity (Wildman–Crippen MR) is 86.1 cm³/mol. The van der Waals surface area contributed by atoms with Gasteiger partial charge in [-0.3, -0.25) is 5.01 Å². The normalized spacial score (nSPS) is 14.5. The van der Waals surface area contributed by atoms with Crippen LogP contribution in [0.5, 0.6) is 0 Å². The van der Waals surface area contributed by atoms with E-state index in [4.69, 9.17) is 11.6 Å². The van der Waals surface area contributed by atoms with Crippen LogP contribution in [0.1, 0.15) is 19.4 Å². The van der Waals surface area contributed by atoms with Crippen LogP contribution in [0.4, 0.5) is 0 Å². The van der Waals surface area contributed by atoms with Gasteiger partial charge < -0.3 is 0 Å². The first-order valence-electron chi connectivity index (χ1n) is 6.45. The molecule has 1 aliphatic rings. The first-order chi connectivity index (χ1) is 10.1. The van der Waals surface area contributed by atoms with Crippen LogP contribution in [0.25, 0.3) is 5.69 Å². The number of aromatic nitrogens is 2. The number of hydrazine groups is 2. The Morgan fingerprint density at radius 1 is 1.33 bits per heavy atom. The fourth-order valence-corrected chi connectivity index (χ4v) is 2.74.